The molecule has 0 aliphatic carbocycles. The molecular weight excluding hydrogens is 381 g/mol. The van der Waals surface area contributed by atoms with Crippen molar-refractivity contribution in [1.29, 1.82) is 0 Å². The molecule has 7 heteroatoms. The van der Waals surface area contributed by atoms with Gasteiger partial charge in [0.05, 0.1) is 0 Å². The summed E-state index contributed by atoms with van der Waals surface area (Å²) >= 11 is 0. The van der Waals surface area contributed by atoms with E-state index >= 15 is 0 Å². The molecule has 3 aromatic carbocycles. The minimum absolute atomic E-state index is 0.309. The van der Waals surface area contributed by atoms with Crippen LogP contribution in [0.3, 0.4) is 0 Å². The van der Waals surface area contributed by atoms with Gasteiger partial charge in [-0.15, -0.1) is 5.10 Å². The summed E-state index contributed by atoms with van der Waals surface area (Å²) in [5.41, 5.74) is 2.43. The molecular formula is C23H20FN5O. The van der Waals surface area contributed by atoms with Gasteiger partial charge in [-0.1, -0.05) is 60.7 Å². The van der Waals surface area contributed by atoms with E-state index in [0.717, 1.165) is 11.1 Å². The van der Waals surface area contributed by atoms with Crippen LogP contribution in [-0.4, -0.2) is 20.7 Å². The smallest absolute Gasteiger partial charge is 0.281 e. The SMILES string of the molecule is O=C(c1ccc(F)cc1)n1nc(NCc2ccccc2)nc1NCc1ccccc1. The number of aromatic nitrogens is 3. The second-order valence-corrected chi connectivity index (χ2v) is 6.66. The fourth-order valence-electron chi connectivity index (χ4n) is 2.91. The highest BCUT2D eigenvalue weighted by Gasteiger charge is 2.18. The zero-order valence-corrected chi connectivity index (χ0v) is 16.1. The maximum atomic E-state index is 13.2. The number of anilines is 2. The van der Waals surface area contributed by atoms with E-state index in [2.05, 4.69) is 20.7 Å². The van der Waals surface area contributed by atoms with E-state index in [1.54, 1.807) is 0 Å². The maximum Gasteiger partial charge on any atom is 0.281 e. The van der Waals surface area contributed by atoms with Gasteiger partial charge in [0.1, 0.15) is 5.82 Å². The molecule has 0 aliphatic heterocycles. The molecule has 0 unspecified atom stereocenters. The number of hydrogen-bond donors (Lipinski definition) is 2. The van der Waals surface area contributed by atoms with E-state index in [4.69, 9.17) is 0 Å². The lowest BCUT2D eigenvalue weighted by Gasteiger charge is -2.07. The molecule has 0 aliphatic rings. The number of benzene rings is 3. The lowest BCUT2D eigenvalue weighted by Crippen LogP contribution is -2.17. The van der Waals surface area contributed by atoms with Crippen LogP contribution >= 0.6 is 0 Å². The summed E-state index contributed by atoms with van der Waals surface area (Å²) in [6, 6.07) is 25.0. The predicted molar refractivity (Wildman–Crippen MR) is 114 cm³/mol. The summed E-state index contributed by atoms with van der Waals surface area (Å²) in [5.74, 6) is -0.169. The van der Waals surface area contributed by atoms with Crippen molar-refractivity contribution in [2.75, 3.05) is 10.6 Å². The number of hydrogen-bond acceptors (Lipinski definition) is 5. The number of carbonyl (C=O) groups excluding carboxylic acids is 1. The first-order valence-corrected chi connectivity index (χ1v) is 9.52. The van der Waals surface area contributed by atoms with Crippen LogP contribution < -0.4 is 10.6 Å². The van der Waals surface area contributed by atoms with Gasteiger partial charge in [-0.2, -0.15) is 9.67 Å². The van der Waals surface area contributed by atoms with Crippen LogP contribution in [-0.2, 0) is 13.1 Å². The molecule has 0 fully saturated rings. The summed E-state index contributed by atoms with van der Waals surface area (Å²) in [6.45, 7) is 1.00. The van der Waals surface area contributed by atoms with Gasteiger partial charge in [0.2, 0.25) is 11.9 Å². The zero-order chi connectivity index (χ0) is 20.8. The molecule has 0 atom stereocenters. The van der Waals surface area contributed by atoms with Crippen molar-refractivity contribution in [3.8, 4) is 0 Å². The molecule has 0 radical (unpaired) electrons. The Morgan fingerprint density at radius 2 is 1.37 bits per heavy atom. The van der Waals surface area contributed by atoms with Gasteiger partial charge in [-0.25, -0.2) is 4.39 Å². The topological polar surface area (TPSA) is 71.8 Å². The van der Waals surface area contributed by atoms with E-state index in [1.165, 1.54) is 28.9 Å². The van der Waals surface area contributed by atoms with E-state index in [0.29, 0.717) is 30.5 Å². The van der Waals surface area contributed by atoms with Crippen LogP contribution in [0.1, 0.15) is 21.5 Å². The number of rotatable bonds is 7. The highest BCUT2D eigenvalue weighted by atomic mass is 19.1. The van der Waals surface area contributed by atoms with E-state index in [9.17, 15) is 9.18 Å². The Balaban J connectivity index is 1.57. The molecule has 150 valence electrons. The second kappa shape index (κ2) is 9.00. The molecule has 1 aromatic heterocycles. The molecule has 0 saturated heterocycles. The van der Waals surface area contributed by atoms with Crippen LogP contribution in [0.5, 0.6) is 0 Å². The molecule has 6 nitrogen and oxygen atoms in total. The Hall–Kier alpha value is -4.00. The van der Waals surface area contributed by atoms with Crippen LogP contribution in [0.15, 0.2) is 84.9 Å². The first-order valence-electron chi connectivity index (χ1n) is 9.52. The number of halogens is 1. The van der Waals surface area contributed by atoms with Crippen molar-refractivity contribution < 1.29 is 9.18 Å². The third kappa shape index (κ3) is 4.70. The zero-order valence-electron chi connectivity index (χ0n) is 16.1. The third-order valence-corrected chi connectivity index (χ3v) is 4.48. The third-order valence-electron chi connectivity index (χ3n) is 4.48. The fourth-order valence-corrected chi connectivity index (χ4v) is 2.91. The van der Waals surface area contributed by atoms with Crippen LogP contribution in [0.4, 0.5) is 16.3 Å². The lowest BCUT2D eigenvalue weighted by atomic mass is 10.2. The minimum Gasteiger partial charge on any atom is -0.350 e. The average Bonchev–Trinajstić information content (AvgIpc) is 3.21. The number of carbonyl (C=O) groups is 1. The van der Waals surface area contributed by atoms with Gasteiger partial charge >= 0.3 is 0 Å². The quantitative estimate of drug-likeness (QED) is 0.482. The van der Waals surface area contributed by atoms with Crippen LogP contribution in [0.2, 0.25) is 0 Å². The van der Waals surface area contributed by atoms with Gasteiger partial charge in [0.15, 0.2) is 0 Å². The first kappa shape index (κ1) is 19.3. The normalized spacial score (nSPS) is 10.6. The van der Waals surface area contributed by atoms with Gasteiger partial charge in [0, 0.05) is 18.7 Å². The molecule has 0 amide bonds. The number of nitrogens with zero attached hydrogens (tertiary/aromatic N) is 3. The standard InChI is InChI=1S/C23H20FN5O/c24-20-13-11-19(12-14-20)21(30)29-23(26-16-18-9-5-2-6-10-18)27-22(28-29)25-15-17-7-3-1-4-8-17/h1-14H,15-16H2,(H2,25,26,27,28). The summed E-state index contributed by atoms with van der Waals surface area (Å²) in [7, 11) is 0. The summed E-state index contributed by atoms with van der Waals surface area (Å²) < 4.78 is 14.4. The molecule has 30 heavy (non-hydrogen) atoms. The van der Waals surface area contributed by atoms with Crippen molar-refractivity contribution in [1.82, 2.24) is 14.8 Å². The van der Waals surface area contributed by atoms with E-state index in [1.807, 2.05) is 60.7 Å². The Labute approximate surface area is 173 Å². The van der Waals surface area contributed by atoms with Gasteiger partial charge < -0.3 is 10.6 Å². The summed E-state index contributed by atoms with van der Waals surface area (Å²) in [6.07, 6.45) is 0. The predicted octanol–water partition coefficient (Wildman–Crippen LogP) is 4.33. The highest BCUT2D eigenvalue weighted by molar-refractivity contribution is 5.97. The van der Waals surface area contributed by atoms with E-state index < -0.39 is 11.7 Å². The monoisotopic (exact) mass is 401 g/mol. The van der Waals surface area contributed by atoms with Crippen molar-refractivity contribution in [3.05, 3.63) is 107 Å². The highest BCUT2D eigenvalue weighted by Crippen LogP contribution is 2.15. The average molecular weight is 401 g/mol. The van der Waals surface area contributed by atoms with Crippen molar-refractivity contribution >= 4 is 17.8 Å². The Kier molecular flexibility index (Phi) is 5.80. The van der Waals surface area contributed by atoms with Crippen LogP contribution in [0.25, 0.3) is 0 Å². The summed E-state index contributed by atoms with van der Waals surface area (Å²) in [4.78, 5) is 17.4. The lowest BCUT2D eigenvalue weighted by molar-refractivity contribution is 0.0947. The summed E-state index contributed by atoms with van der Waals surface area (Å²) in [5, 5.41) is 10.6. The largest absolute Gasteiger partial charge is 0.350 e. The second-order valence-electron chi connectivity index (χ2n) is 6.66. The van der Waals surface area contributed by atoms with E-state index in [-0.39, 0.29) is 0 Å². The molecule has 4 aromatic rings. The van der Waals surface area contributed by atoms with Crippen LogP contribution in [0, 0.1) is 5.82 Å². The van der Waals surface area contributed by atoms with Crippen molar-refractivity contribution in [3.63, 3.8) is 0 Å². The van der Waals surface area contributed by atoms with Crippen molar-refractivity contribution in [2.45, 2.75) is 13.1 Å². The first-order chi connectivity index (χ1) is 14.7. The molecule has 0 saturated carbocycles. The Morgan fingerprint density at radius 1 is 0.800 bits per heavy atom. The molecule has 2 N–H and O–H groups in total. The fraction of sp³-hybridized carbons (Fsp3) is 0.0870. The molecule has 0 bridgehead atoms. The Morgan fingerprint density at radius 3 is 1.97 bits per heavy atom. The minimum atomic E-state index is -0.405. The van der Waals surface area contributed by atoms with Gasteiger partial charge in [-0.05, 0) is 35.4 Å². The number of nitrogens with one attached hydrogen (secondary N) is 2. The van der Waals surface area contributed by atoms with Gasteiger partial charge in [0.25, 0.3) is 5.91 Å². The van der Waals surface area contributed by atoms with Crippen molar-refractivity contribution in [2.24, 2.45) is 0 Å². The maximum absolute atomic E-state index is 13.2. The molecule has 1 heterocycles. The molecule has 4 rings (SSSR count). The van der Waals surface area contributed by atoms with Gasteiger partial charge in [-0.3, -0.25) is 4.79 Å². The Bertz CT molecular complexity index is 1110. The molecule has 0 spiro atoms.